The van der Waals surface area contributed by atoms with Crippen molar-refractivity contribution in [3.05, 3.63) is 196 Å². The Morgan fingerprint density at radius 2 is 1.36 bits per heavy atom. The molecule has 2 aromatic heterocycles. The molecule has 1 aliphatic heterocycles. The number of thiazole rings is 1. The van der Waals surface area contributed by atoms with Crippen molar-refractivity contribution in [3.63, 3.8) is 0 Å². The van der Waals surface area contributed by atoms with E-state index in [-0.39, 0.29) is 11.6 Å². The molecule has 0 spiro atoms. The summed E-state index contributed by atoms with van der Waals surface area (Å²) in [4.78, 5) is 20.7. The fourth-order valence-electron chi connectivity index (χ4n) is 7.32. The number of hydrogen-bond acceptors (Lipinski definition) is 3. The van der Waals surface area contributed by atoms with Gasteiger partial charge in [-0.05, 0) is 89.2 Å². The van der Waals surface area contributed by atoms with E-state index in [9.17, 15) is 4.79 Å². The van der Waals surface area contributed by atoms with Crippen molar-refractivity contribution in [1.82, 2.24) is 9.13 Å². The minimum atomic E-state index is -0.231. The molecule has 2 aliphatic rings. The normalized spacial score (nSPS) is 15.3. The zero-order valence-corrected chi connectivity index (χ0v) is 30.8. The summed E-state index contributed by atoms with van der Waals surface area (Å²) in [6, 6.07) is 48.2. The lowest BCUT2D eigenvalue weighted by Gasteiger charge is -2.30. The second kappa shape index (κ2) is 12.8. The molecule has 242 valence electrons. The van der Waals surface area contributed by atoms with Crippen molar-refractivity contribution in [2.75, 3.05) is 0 Å². The van der Waals surface area contributed by atoms with Crippen LogP contribution in [-0.2, 0) is 6.42 Å². The number of hydrogen-bond donors (Lipinski definition) is 0. The molecule has 0 amide bonds. The van der Waals surface area contributed by atoms with Crippen LogP contribution in [0.4, 0.5) is 0 Å². The van der Waals surface area contributed by atoms with E-state index in [1.807, 2.05) is 16.7 Å². The van der Waals surface area contributed by atoms with E-state index in [1.54, 1.807) is 0 Å². The highest BCUT2D eigenvalue weighted by Crippen LogP contribution is 2.42. The Kier molecular flexibility index (Phi) is 7.99. The molecule has 0 bridgehead atoms. The van der Waals surface area contributed by atoms with Crippen LogP contribution in [0.1, 0.15) is 34.7 Å². The Morgan fingerprint density at radius 3 is 2.08 bits per heavy atom. The predicted molar refractivity (Wildman–Crippen MR) is 211 cm³/mol. The zero-order valence-electron chi connectivity index (χ0n) is 26.8. The molecule has 0 fully saturated rings. The molecule has 9 rings (SSSR count). The van der Waals surface area contributed by atoms with E-state index in [4.69, 9.17) is 4.99 Å². The molecule has 4 nitrogen and oxygen atoms in total. The highest BCUT2D eigenvalue weighted by atomic mass is 79.9. The summed E-state index contributed by atoms with van der Waals surface area (Å²) >= 11 is 8.70. The minimum absolute atomic E-state index is 0.0243. The van der Waals surface area contributed by atoms with Gasteiger partial charge >= 0.3 is 0 Å². The van der Waals surface area contributed by atoms with Crippen LogP contribution in [-0.4, -0.2) is 9.13 Å². The van der Waals surface area contributed by atoms with Gasteiger partial charge in [-0.25, -0.2) is 4.99 Å². The highest BCUT2D eigenvalue weighted by Gasteiger charge is 2.32. The number of halogens is 2. The highest BCUT2D eigenvalue weighted by molar-refractivity contribution is 9.10. The Labute approximate surface area is 310 Å². The molecule has 1 atom stereocenters. The number of allylic oxidation sites excluding steroid dienone is 1. The molecular formula is C43H29Br2N3OS. The average Bonchev–Trinajstić information content (AvgIpc) is 3.69. The monoisotopic (exact) mass is 793 g/mol. The van der Waals surface area contributed by atoms with Crippen molar-refractivity contribution < 1.29 is 0 Å². The first-order chi connectivity index (χ1) is 24.5. The molecule has 0 radical (unpaired) electrons. The van der Waals surface area contributed by atoms with Crippen molar-refractivity contribution >= 4 is 55.0 Å². The van der Waals surface area contributed by atoms with Crippen LogP contribution in [0.3, 0.4) is 0 Å². The average molecular weight is 796 g/mol. The van der Waals surface area contributed by atoms with Gasteiger partial charge in [0.05, 0.1) is 27.7 Å². The Balaban J connectivity index is 1.32. The zero-order chi connectivity index (χ0) is 33.8. The number of nitrogens with zero attached hydrogens (tertiary/aromatic N) is 3. The minimum Gasteiger partial charge on any atom is -0.309 e. The molecule has 5 aromatic carbocycles. The fraction of sp³-hybridized carbons (Fsp3) is 0.0698. The number of rotatable bonds is 5. The van der Waals surface area contributed by atoms with Crippen LogP contribution >= 0.6 is 43.2 Å². The first-order valence-electron chi connectivity index (χ1n) is 16.5. The van der Waals surface area contributed by atoms with Gasteiger partial charge in [-0.1, -0.05) is 140 Å². The topological polar surface area (TPSA) is 39.3 Å². The third-order valence-corrected chi connectivity index (χ3v) is 11.6. The van der Waals surface area contributed by atoms with E-state index in [2.05, 4.69) is 170 Å². The summed E-state index contributed by atoms with van der Waals surface area (Å²) in [5, 5.41) is 0. The number of fused-ring (bicyclic) bond motifs is 3. The maximum absolute atomic E-state index is 14.7. The van der Waals surface area contributed by atoms with Crippen LogP contribution in [0.15, 0.2) is 164 Å². The number of aromatic nitrogens is 2. The molecule has 0 saturated carbocycles. The molecule has 0 N–H and O–H groups in total. The lowest BCUT2D eigenvalue weighted by atomic mass is 9.83. The molecule has 50 heavy (non-hydrogen) atoms. The molecule has 7 aromatic rings. The van der Waals surface area contributed by atoms with Gasteiger partial charge in [0.2, 0.25) is 0 Å². The molecular weight excluding hydrogens is 766 g/mol. The Bertz CT molecular complexity index is 2620. The standard InChI is InChI=1S/C43H29Br2N3OS/c44-32-18-15-30(16-19-32)41-36-24-17-27-9-7-8-14-35(27)39(36)46-43-48(41)42(49)38(50-43)26-31-25-37(28-10-3-1-4-11-28)47(34-22-20-33(45)21-23-34)40(31)29-12-5-2-6-13-29/h1-16,18-23,25-26,41H,17,24H2/b38-26+/t41-/m0/s1. The van der Waals surface area contributed by atoms with Crippen molar-refractivity contribution in [2.45, 2.75) is 18.9 Å². The van der Waals surface area contributed by atoms with Crippen molar-refractivity contribution in [2.24, 2.45) is 4.99 Å². The van der Waals surface area contributed by atoms with Gasteiger partial charge in [-0.15, -0.1) is 0 Å². The van der Waals surface area contributed by atoms with Crippen LogP contribution in [0.2, 0.25) is 0 Å². The van der Waals surface area contributed by atoms with E-state index in [0.29, 0.717) is 4.53 Å². The second-order valence-corrected chi connectivity index (χ2v) is 15.4. The SMILES string of the molecule is O=c1/c(=C\c2cc(-c3ccccc3)n(-c3ccc(Br)cc3)c2-c2ccccc2)sc2n1[C@@H](c1ccc(Br)cc1)C1=C(N=2)c2ccccc2CC1. The fourth-order valence-corrected chi connectivity index (χ4v) is 8.84. The lowest BCUT2D eigenvalue weighted by Crippen LogP contribution is -2.38. The van der Waals surface area contributed by atoms with E-state index in [1.165, 1.54) is 28.0 Å². The first kappa shape index (κ1) is 31.2. The van der Waals surface area contributed by atoms with Gasteiger partial charge in [0, 0.05) is 25.8 Å². The van der Waals surface area contributed by atoms with Crippen molar-refractivity contribution in [1.29, 1.82) is 0 Å². The largest absolute Gasteiger partial charge is 0.309 e. The third kappa shape index (κ3) is 5.41. The van der Waals surface area contributed by atoms with Gasteiger partial charge in [-0.3, -0.25) is 9.36 Å². The molecule has 7 heteroatoms. The quantitative estimate of drug-likeness (QED) is 0.171. The van der Waals surface area contributed by atoms with Crippen LogP contribution in [0.5, 0.6) is 0 Å². The van der Waals surface area contributed by atoms with E-state index >= 15 is 0 Å². The molecule has 1 aliphatic carbocycles. The summed E-state index contributed by atoms with van der Waals surface area (Å²) in [7, 11) is 0. The first-order valence-corrected chi connectivity index (χ1v) is 18.9. The van der Waals surface area contributed by atoms with Crippen LogP contribution in [0, 0.1) is 0 Å². The third-order valence-electron chi connectivity index (χ3n) is 9.58. The number of aryl methyl sites for hydroxylation is 1. The lowest BCUT2D eigenvalue weighted by molar-refractivity contribution is 0.585. The van der Waals surface area contributed by atoms with Gasteiger partial charge in [0.25, 0.3) is 5.56 Å². The summed E-state index contributed by atoms with van der Waals surface area (Å²) in [6.07, 6.45) is 3.85. The van der Waals surface area contributed by atoms with Gasteiger partial charge in [0.1, 0.15) is 0 Å². The Morgan fingerprint density at radius 1 is 0.720 bits per heavy atom. The van der Waals surface area contributed by atoms with Crippen LogP contribution in [0.25, 0.3) is 40.0 Å². The number of benzene rings is 5. The summed E-state index contributed by atoms with van der Waals surface area (Å²) in [5.41, 5.74) is 12.0. The summed E-state index contributed by atoms with van der Waals surface area (Å²) in [5.74, 6) is 0. The van der Waals surface area contributed by atoms with Gasteiger partial charge in [-0.2, -0.15) is 0 Å². The summed E-state index contributed by atoms with van der Waals surface area (Å²) < 4.78 is 6.92. The summed E-state index contributed by atoms with van der Waals surface area (Å²) in [6.45, 7) is 0. The van der Waals surface area contributed by atoms with Gasteiger partial charge < -0.3 is 4.57 Å². The maximum Gasteiger partial charge on any atom is 0.271 e. The van der Waals surface area contributed by atoms with Crippen molar-refractivity contribution in [3.8, 4) is 28.2 Å². The molecule has 0 saturated heterocycles. The smallest absolute Gasteiger partial charge is 0.271 e. The Hall–Kier alpha value is -4.82. The predicted octanol–water partition coefficient (Wildman–Crippen LogP) is 9.97. The van der Waals surface area contributed by atoms with Gasteiger partial charge in [0.15, 0.2) is 4.80 Å². The second-order valence-electron chi connectivity index (χ2n) is 12.5. The van der Waals surface area contributed by atoms with E-state index in [0.717, 1.165) is 71.6 Å². The van der Waals surface area contributed by atoms with Crippen LogP contribution < -0.4 is 14.9 Å². The molecule has 0 unspecified atom stereocenters. The molecule has 3 heterocycles. The maximum atomic E-state index is 14.7. The van der Waals surface area contributed by atoms with E-state index < -0.39 is 0 Å².